The predicted octanol–water partition coefficient (Wildman–Crippen LogP) is 2.87. The fourth-order valence-corrected chi connectivity index (χ4v) is 2.05. The molecule has 0 saturated heterocycles. The summed E-state index contributed by atoms with van der Waals surface area (Å²) in [5.74, 6) is 0.126. The van der Waals surface area contributed by atoms with Crippen molar-refractivity contribution in [3.8, 4) is 0 Å². The maximum absolute atomic E-state index is 11.5. The molecule has 0 fully saturated rings. The molecular weight excluding hydrogens is 174 g/mol. The molecule has 78 valence electrons. The fourth-order valence-electron chi connectivity index (χ4n) is 2.05. The van der Waals surface area contributed by atoms with Gasteiger partial charge in [0.05, 0.1) is 6.04 Å². The van der Waals surface area contributed by atoms with E-state index < -0.39 is 0 Å². The van der Waals surface area contributed by atoms with E-state index in [0.717, 1.165) is 5.70 Å². The summed E-state index contributed by atoms with van der Waals surface area (Å²) in [4.78, 5) is 13.4. The Balaban J connectivity index is 3.25. The van der Waals surface area contributed by atoms with Crippen molar-refractivity contribution in [1.82, 2.24) is 4.90 Å². The third-order valence-electron chi connectivity index (χ3n) is 3.41. The molecular formula is C12H19NO. The lowest BCUT2D eigenvalue weighted by Gasteiger charge is -2.36. The van der Waals surface area contributed by atoms with Gasteiger partial charge in [-0.2, -0.15) is 0 Å². The third-order valence-corrected chi connectivity index (χ3v) is 3.41. The first-order chi connectivity index (χ1) is 6.37. The minimum atomic E-state index is 0.126. The zero-order chi connectivity index (χ0) is 11.0. The molecule has 2 nitrogen and oxygen atoms in total. The highest BCUT2D eigenvalue weighted by Crippen LogP contribution is 2.31. The van der Waals surface area contributed by atoms with Gasteiger partial charge in [0.1, 0.15) is 0 Å². The highest BCUT2D eigenvalue weighted by Gasteiger charge is 2.26. The van der Waals surface area contributed by atoms with Crippen LogP contribution in [0.4, 0.5) is 0 Å². The summed E-state index contributed by atoms with van der Waals surface area (Å²) in [6.07, 6.45) is 0. The molecule has 1 heterocycles. The van der Waals surface area contributed by atoms with E-state index in [1.54, 1.807) is 6.92 Å². The smallest absolute Gasteiger partial charge is 0.224 e. The molecule has 0 aromatic rings. The molecule has 0 N–H and O–H groups in total. The van der Waals surface area contributed by atoms with Gasteiger partial charge in [-0.25, -0.2) is 0 Å². The first kappa shape index (κ1) is 11.0. The Bertz CT molecular complexity index is 336. The normalized spacial score (nSPS) is 23.3. The zero-order valence-electron chi connectivity index (χ0n) is 9.93. The first-order valence-corrected chi connectivity index (χ1v) is 5.03. The summed E-state index contributed by atoms with van der Waals surface area (Å²) in [6, 6.07) is 0.205. The van der Waals surface area contributed by atoms with Crippen LogP contribution in [0.15, 0.2) is 22.4 Å². The van der Waals surface area contributed by atoms with Gasteiger partial charge in [-0.3, -0.25) is 4.79 Å². The van der Waals surface area contributed by atoms with Crippen molar-refractivity contribution in [2.45, 2.75) is 47.6 Å². The number of rotatable bonds is 0. The Hall–Kier alpha value is -1.05. The Morgan fingerprint density at radius 2 is 1.64 bits per heavy atom. The number of amides is 1. The van der Waals surface area contributed by atoms with E-state index in [2.05, 4.69) is 27.7 Å². The second-order valence-corrected chi connectivity index (χ2v) is 4.08. The molecule has 1 rings (SSSR count). The van der Waals surface area contributed by atoms with Gasteiger partial charge in [-0.15, -0.1) is 0 Å². The summed E-state index contributed by atoms with van der Waals surface area (Å²) >= 11 is 0. The van der Waals surface area contributed by atoms with Gasteiger partial charge in [0, 0.05) is 12.6 Å². The van der Waals surface area contributed by atoms with Gasteiger partial charge < -0.3 is 4.90 Å². The lowest BCUT2D eigenvalue weighted by molar-refractivity contribution is -0.128. The van der Waals surface area contributed by atoms with Crippen molar-refractivity contribution in [1.29, 1.82) is 0 Å². The second-order valence-electron chi connectivity index (χ2n) is 4.08. The number of hydrogen-bond acceptors (Lipinski definition) is 1. The molecule has 0 aliphatic carbocycles. The zero-order valence-corrected chi connectivity index (χ0v) is 9.93. The van der Waals surface area contributed by atoms with Gasteiger partial charge in [0.25, 0.3) is 0 Å². The SMILES string of the molecule is CC(=O)N1C(C)=C(C)C(C)=C(C)C1C. The number of nitrogens with zero attached hydrogens (tertiary/aromatic N) is 1. The van der Waals surface area contributed by atoms with E-state index in [4.69, 9.17) is 0 Å². The molecule has 1 atom stereocenters. The van der Waals surface area contributed by atoms with Crippen molar-refractivity contribution >= 4 is 5.91 Å². The Kier molecular flexibility index (Phi) is 2.84. The molecule has 14 heavy (non-hydrogen) atoms. The fraction of sp³-hybridized carbons (Fsp3) is 0.583. The molecule has 0 aromatic carbocycles. The minimum absolute atomic E-state index is 0.126. The number of carbonyl (C=O) groups excluding carboxylic acids is 1. The highest BCUT2D eigenvalue weighted by atomic mass is 16.2. The van der Waals surface area contributed by atoms with Crippen LogP contribution in [0, 0.1) is 0 Å². The van der Waals surface area contributed by atoms with E-state index >= 15 is 0 Å². The maximum Gasteiger partial charge on any atom is 0.224 e. The van der Waals surface area contributed by atoms with Crippen LogP contribution in [-0.4, -0.2) is 16.8 Å². The molecule has 1 unspecified atom stereocenters. The molecule has 0 aromatic heterocycles. The van der Waals surface area contributed by atoms with E-state index in [1.807, 2.05) is 11.8 Å². The molecule has 1 aliphatic rings. The molecule has 2 heteroatoms. The predicted molar refractivity (Wildman–Crippen MR) is 58.7 cm³/mol. The van der Waals surface area contributed by atoms with Crippen molar-refractivity contribution < 1.29 is 4.79 Å². The van der Waals surface area contributed by atoms with Crippen LogP contribution >= 0.6 is 0 Å². The lowest BCUT2D eigenvalue weighted by Crippen LogP contribution is -2.39. The quantitative estimate of drug-likeness (QED) is 0.579. The van der Waals surface area contributed by atoms with Crippen LogP contribution in [-0.2, 0) is 4.79 Å². The van der Waals surface area contributed by atoms with Crippen LogP contribution in [0.1, 0.15) is 41.5 Å². The van der Waals surface area contributed by atoms with Crippen molar-refractivity contribution in [2.24, 2.45) is 0 Å². The average Bonchev–Trinajstić information content (AvgIpc) is 2.11. The topological polar surface area (TPSA) is 20.3 Å². The average molecular weight is 193 g/mol. The summed E-state index contributed by atoms with van der Waals surface area (Å²) in [6.45, 7) is 12.0. The van der Waals surface area contributed by atoms with E-state index in [1.165, 1.54) is 16.7 Å². The van der Waals surface area contributed by atoms with Gasteiger partial charge >= 0.3 is 0 Å². The van der Waals surface area contributed by atoms with Crippen LogP contribution in [0.2, 0.25) is 0 Å². The van der Waals surface area contributed by atoms with Crippen LogP contribution in [0.3, 0.4) is 0 Å². The van der Waals surface area contributed by atoms with Crippen molar-refractivity contribution in [3.05, 3.63) is 22.4 Å². The maximum atomic E-state index is 11.5. The Labute approximate surface area is 86.3 Å². The lowest BCUT2D eigenvalue weighted by atomic mass is 9.92. The summed E-state index contributed by atoms with van der Waals surface area (Å²) in [5, 5.41) is 0. The molecule has 0 saturated carbocycles. The van der Waals surface area contributed by atoms with Crippen LogP contribution < -0.4 is 0 Å². The minimum Gasteiger partial charge on any atom is -0.310 e. The third kappa shape index (κ3) is 1.49. The Morgan fingerprint density at radius 3 is 2.07 bits per heavy atom. The molecule has 0 spiro atoms. The summed E-state index contributed by atoms with van der Waals surface area (Å²) in [7, 11) is 0. The number of carbonyl (C=O) groups is 1. The van der Waals surface area contributed by atoms with Crippen LogP contribution in [0.25, 0.3) is 0 Å². The Morgan fingerprint density at radius 1 is 1.14 bits per heavy atom. The van der Waals surface area contributed by atoms with Gasteiger partial charge in [-0.1, -0.05) is 0 Å². The van der Waals surface area contributed by atoms with Crippen LogP contribution in [0.5, 0.6) is 0 Å². The highest BCUT2D eigenvalue weighted by molar-refractivity contribution is 5.77. The largest absolute Gasteiger partial charge is 0.310 e. The van der Waals surface area contributed by atoms with Crippen molar-refractivity contribution in [2.75, 3.05) is 0 Å². The molecule has 1 amide bonds. The van der Waals surface area contributed by atoms with Gasteiger partial charge in [0.15, 0.2) is 0 Å². The molecule has 0 bridgehead atoms. The standard InChI is InChI=1S/C12H19NO/c1-7-8(2)10(4)13(12(6)14)11(5)9(7)3/h10H,1-6H3. The summed E-state index contributed by atoms with van der Waals surface area (Å²) in [5.41, 5.74) is 4.94. The number of hydrogen-bond donors (Lipinski definition) is 0. The monoisotopic (exact) mass is 193 g/mol. The molecule has 0 radical (unpaired) electrons. The van der Waals surface area contributed by atoms with Crippen molar-refractivity contribution in [3.63, 3.8) is 0 Å². The van der Waals surface area contributed by atoms with E-state index in [-0.39, 0.29) is 11.9 Å². The van der Waals surface area contributed by atoms with E-state index in [0.29, 0.717) is 0 Å². The van der Waals surface area contributed by atoms with Gasteiger partial charge in [-0.05, 0) is 51.3 Å². The summed E-state index contributed by atoms with van der Waals surface area (Å²) < 4.78 is 0. The van der Waals surface area contributed by atoms with E-state index in [9.17, 15) is 4.79 Å². The number of allylic oxidation sites excluding steroid dienone is 3. The molecule has 1 aliphatic heterocycles. The van der Waals surface area contributed by atoms with Gasteiger partial charge in [0.2, 0.25) is 5.91 Å². The first-order valence-electron chi connectivity index (χ1n) is 5.03. The second kappa shape index (κ2) is 3.60.